The van der Waals surface area contributed by atoms with E-state index >= 15 is 0 Å². The van der Waals surface area contributed by atoms with E-state index in [0.29, 0.717) is 0 Å². The zero-order valence-electron chi connectivity index (χ0n) is 15.6. The van der Waals surface area contributed by atoms with E-state index < -0.39 is 0 Å². The molecule has 0 unspecified atom stereocenters. The van der Waals surface area contributed by atoms with Crippen LogP contribution >= 0.6 is 22.7 Å². The van der Waals surface area contributed by atoms with Gasteiger partial charge in [0, 0.05) is 29.9 Å². The lowest BCUT2D eigenvalue weighted by Crippen LogP contribution is -2.36. The normalized spacial score (nSPS) is 19.3. The topological polar surface area (TPSA) is 80.2 Å². The van der Waals surface area contributed by atoms with Crippen molar-refractivity contribution in [2.45, 2.75) is 37.8 Å². The Morgan fingerprint density at radius 3 is 2.79 bits per heavy atom. The molecule has 1 saturated carbocycles. The maximum absolute atomic E-state index is 10.2. The van der Waals surface area contributed by atoms with Gasteiger partial charge < -0.3 is 15.2 Å². The number of nitrogens with zero attached hydrogens (tertiary/aromatic N) is 3. The Morgan fingerprint density at radius 2 is 1.93 bits per heavy atom. The first-order valence-electron chi connectivity index (χ1n) is 9.63. The number of aromatic nitrogens is 3. The van der Waals surface area contributed by atoms with E-state index in [0.717, 1.165) is 63.2 Å². The first-order chi connectivity index (χ1) is 14.2. The van der Waals surface area contributed by atoms with Crippen molar-refractivity contribution >= 4 is 38.0 Å². The minimum atomic E-state index is -0.298. The number of pyridine rings is 1. The van der Waals surface area contributed by atoms with Crippen LogP contribution in [0, 0.1) is 0 Å². The fourth-order valence-electron chi connectivity index (χ4n) is 3.55. The minimum absolute atomic E-state index is 0.0844. The lowest BCUT2D eigenvalue weighted by Gasteiger charge is -2.27. The molecular weight excluding hydrogens is 404 g/mol. The Hall–Kier alpha value is -2.55. The van der Waals surface area contributed by atoms with Crippen LogP contribution < -0.4 is 10.1 Å². The zero-order chi connectivity index (χ0) is 19.6. The van der Waals surface area contributed by atoms with Gasteiger partial charge in [-0.25, -0.2) is 9.97 Å². The zero-order valence-corrected chi connectivity index (χ0v) is 17.2. The average molecular weight is 425 g/mol. The summed E-state index contributed by atoms with van der Waals surface area (Å²) in [5.41, 5.74) is 1.72. The van der Waals surface area contributed by atoms with Crippen molar-refractivity contribution in [3.8, 4) is 22.2 Å². The van der Waals surface area contributed by atoms with E-state index in [2.05, 4.69) is 20.3 Å². The summed E-state index contributed by atoms with van der Waals surface area (Å²) < 4.78 is 7.10. The monoisotopic (exact) mass is 424 g/mol. The van der Waals surface area contributed by atoms with Crippen LogP contribution in [0.1, 0.15) is 25.7 Å². The van der Waals surface area contributed by atoms with Gasteiger partial charge in [-0.15, -0.1) is 11.3 Å². The smallest absolute Gasteiger partial charge is 0.184 e. The molecule has 148 valence electrons. The molecular formula is C21H20N4O2S2. The highest BCUT2D eigenvalue weighted by atomic mass is 32.1. The summed E-state index contributed by atoms with van der Waals surface area (Å²) >= 11 is 3.13. The largest absolute Gasteiger partial charge is 0.457 e. The number of ether oxygens (including phenoxy) is 1. The van der Waals surface area contributed by atoms with Crippen molar-refractivity contribution in [2.75, 3.05) is 5.32 Å². The Balaban J connectivity index is 1.34. The summed E-state index contributed by atoms with van der Waals surface area (Å²) in [6, 6.07) is 9.70. The van der Waals surface area contributed by atoms with E-state index in [1.807, 2.05) is 35.7 Å². The summed E-state index contributed by atoms with van der Waals surface area (Å²) in [4.78, 5) is 13.3. The van der Waals surface area contributed by atoms with Gasteiger partial charge in [-0.05, 0) is 31.0 Å². The van der Waals surface area contributed by atoms with E-state index in [-0.39, 0.29) is 12.1 Å². The molecule has 4 aromatic rings. The third-order valence-corrected chi connectivity index (χ3v) is 6.76. The van der Waals surface area contributed by atoms with Gasteiger partial charge in [-0.2, -0.15) is 0 Å². The number of nitrogens with one attached hydrogen (secondary N) is 1. The van der Waals surface area contributed by atoms with Crippen molar-refractivity contribution in [2.24, 2.45) is 0 Å². The molecule has 2 atom stereocenters. The quantitative estimate of drug-likeness (QED) is 0.451. The Labute approximate surface area is 176 Å². The van der Waals surface area contributed by atoms with Gasteiger partial charge in [0.05, 0.1) is 22.4 Å². The SMILES string of the molecule is O[C@@H]1CCCC[C@H]1Nc1nc2ccc(Oc3ccnc(-c4nccs4)c3)cc2s1. The fourth-order valence-corrected chi connectivity index (χ4v) is 5.11. The second-order valence-electron chi connectivity index (χ2n) is 7.07. The van der Waals surface area contributed by atoms with Crippen molar-refractivity contribution in [3.63, 3.8) is 0 Å². The molecule has 3 aromatic heterocycles. The molecule has 0 saturated heterocycles. The highest BCUT2D eigenvalue weighted by Crippen LogP contribution is 2.33. The number of benzene rings is 1. The standard InChI is InChI=1S/C21H20N4O2S2/c26-18-4-2-1-3-15(18)24-21-25-16-6-5-13(12-19(16)29-21)27-14-7-8-22-17(11-14)20-23-9-10-28-20/h5-12,15,18,26H,1-4H2,(H,24,25)/t15-,18-/m1/s1. The van der Waals surface area contributed by atoms with Gasteiger partial charge >= 0.3 is 0 Å². The molecule has 2 N–H and O–H groups in total. The second kappa shape index (κ2) is 8.06. The minimum Gasteiger partial charge on any atom is -0.457 e. The molecule has 5 rings (SSSR count). The summed E-state index contributed by atoms with van der Waals surface area (Å²) in [5, 5.41) is 17.3. The first-order valence-corrected chi connectivity index (χ1v) is 11.3. The van der Waals surface area contributed by atoms with Crippen LogP contribution in [0.2, 0.25) is 0 Å². The maximum Gasteiger partial charge on any atom is 0.184 e. The van der Waals surface area contributed by atoms with Crippen LogP contribution in [0.4, 0.5) is 5.13 Å². The number of aliphatic hydroxyl groups is 1. The van der Waals surface area contributed by atoms with E-state index in [9.17, 15) is 5.11 Å². The van der Waals surface area contributed by atoms with E-state index in [1.54, 1.807) is 35.1 Å². The van der Waals surface area contributed by atoms with Gasteiger partial charge in [-0.1, -0.05) is 24.2 Å². The van der Waals surface area contributed by atoms with Gasteiger partial charge in [0.2, 0.25) is 0 Å². The molecule has 0 radical (unpaired) electrons. The van der Waals surface area contributed by atoms with Crippen molar-refractivity contribution in [1.29, 1.82) is 0 Å². The predicted octanol–water partition coefficient (Wildman–Crippen LogP) is 5.32. The molecule has 8 heteroatoms. The Bertz CT molecular complexity index is 1110. The Kier molecular flexibility index (Phi) is 5.13. The first kappa shape index (κ1) is 18.5. The summed E-state index contributed by atoms with van der Waals surface area (Å²) in [5.74, 6) is 1.47. The summed E-state index contributed by atoms with van der Waals surface area (Å²) in [6.45, 7) is 0. The molecule has 3 heterocycles. The number of fused-ring (bicyclic) bond motifs is 1. The molecule has 6 nitrogen and oxygen atoms in total. The molecule has 0 amide bonds. The molecule has 1 aliphatic carbocycles. The van der Waals surface area contributed by atoms with Gasteiger partial charge in [0.1, 0.15) is 22.2 Å². The van der Waals surface area contributed by atoms with E-state index in [1.165, 1.54) is 0 Å². The summed E-state index contributed by atoms with van der Waals surface area (Å²) in [6.07, 6.45) is 7.28. The van der Waals surface area contributed by atoms with Crippen molar-refractivity contribution in [1.82, 2.24) is 15.0 Å². The number of anilines is 1. The molecule has 1 aromatic carbocycles. The molecule has 1 fully saturated rings. The molecule has 0 aliphatic heterocycles. The highest BCUT2D eigenvalue weighted by molar-refractivity contribution is 7.22. The van der Waals surface area contributed by atoms with Gasteiger partial charge in [0.15, 0.2) is 5.13 Å². The van der Waals surface area contributed by atoms with Crippen LogP contribution in [0.5, 0.6) is 11.5 Å². The second-order valence-corrected chi connectivity index (χ2v) is 8.99. The van der Waals surface area contributed by atoms with Crippen molar-refractivity contribution < 1.29 is 9.84 Å². The summed E-state index contributed by atoms with van der Waals surface area (Å²) in [7, 11) is 0. The average Bonchev–Trinajstić information content (AvgIpc) is 3.39. The maximum atomic E-state index is 10.2. The lowest BCUT2D eigenvalue weighted by atomic mass is 9.93. The fraction of sp³-hybridized carbons (Fsp3) is 0.286. The predicted molar refractivity (Wildman–Crippen MR) is 117 cm³/mol. The number of rotatable bonds is 5. The lowest BCUT2D eigenvalue weighted by molar-refractivity contribution is 0.116. The number of hydrogen-bond donors (Lipinski definition) is 2. The van der Waals surface area contributed by atoms with Gasteiger partial charge in [0.25, 0.3) is 0 Å². The third-order valence-electron chi connectivity index (χ3n) is 5.02. The Morgan fingerprint density at radius 1 is 1.03 bits per heavy atom. The molecule has 1 aliphatic rings. The molecule has 29 heavy (non-hydrogen) atoms. The number of aliphatic hydroxyl groups excluding tert-OH is 1. The number of thiazole rings is 2. The van der Waals surface area contributed by atoms with Crippen LogP contribution in [0.25, 0.3) is 20.9 Å². The molecule has 0 bridgehead atoms. The van der Waals surface area contributed by atoms with Crippen LogP contribution in [-0.2, 0) is 0 Å². The highest BCUT2D eigenvalue weighted by Gasteiger charge is 2.23. The molecule has 0 spiro atoms. The van der Waals surface area contributed by atoms with Crippen LogP contribution in [0.15, 0.2) is 48.1 Å². The number of hydrogen-bond acceptors (Lipinski definition) is 8. The third kappa shape index (κ3) is 4.10. The van der Waals surface area contributed by atoms with Crippen molar-refractivity contribution in [3.05, 3.63) is 48.1 Å². The van der Waals surface area contributed by atoms with Gasteiger partial charge in [-0.3, -0.25) is 4.98 Å². The van der Waals surface area contributed by atoms with Crippen LogP contribution in [-0.4, -0.2) is 32.2 Å². The van der Waals surface area contributed by atoms with Crippen LogP contribution in [0.3, 0.4) is 0 Å². The van der Waals surface area contributed by atoms with E-state index in [4.69, 9.17) is 4.74 Å².